The third kappa shape index (κ3) is 2.90. The Morgan fingerprint density at radius 2 is 2.21 bits per heavy atom. The first-order valence-electron chi connectivity index (χ1n) is 5.95. The van der Waals surface area contributed by atoms with Crippen LogP contribution in [0.3, 0.4) is 0 Å². The van der Waals surface area contributed by atoms with Crippen LogP contribution >= 0.6 is 0 Å². The number of aromatic nitrogens is 2. The molecule has 0 aliphatic carbocycles. The maximum atomic E-state index is 12.0. The average molecular weight is 260 g/mol. The molecule has 0 spiro atoms. The molecule has 0 unspecified atom stereocenters. The number of anilines is 1. The Labute approximate surface area is 111 Å². The van der Waals surface area contributed by atoms with Gasteiger partial charge in [-0.3, -0.25) is 4.79 Å². The smallest absolute Gasteiger partial charge is 0.255 e. The molecule has 0 fully saturated rings. The van der Waals surface area contributed by atoms with E-state index in [1.165, 1.54) is 0 Å². The molecule has 100 valence electrons. The Balaban J connectivity index is 2.05. The summed E-state index contributed by atoms with van der Waals surface area (Å²) in [6.45, 7) is 3.96. The van der Waals surface area contributed by atoms with Gasteiger partial charge in [-0.15, -0.1) is 0 Å². The summed E-state index contributed by atoms with van der Waals surface area (Å²) in [6.07, 6.45) is 1.63. The van der Waals surface area contributed by atoms with Crippen molar-refractivity contribution in [1.29, 1.82) is 0 Å². The van der Waals surface area contributed by atoms with Gasteiger partial charge in [-0.2, -0.15) is 0 Å². The van der Waals surface area contributed by atoms with Crippen molar-refractivity contribution in [2.24, 2.45) is 0 Å². The number of pyridine rings is 1. The van der Waals surface area contributed by atoms with E-state index in [0.717, 1.165) is 11.5 Å². The summed E-state index contributed by atoms with van der Waals surface area (Å²) in [4.78, 5) is 20.3. The number of carbonyl (C=O) groups is 1. The lowest BCUT2D eigenvalue weighted by Gasteiger charge is -2.07. The molecule has 2 N–H and O–H groups in total. The molecule has 2 aromatic rings. The van der Waals surface area contributed by atoms with Crippen LogP contribution in [-0.2, 0) is 6.54 Å². The Hall–Kier alpha value is -2.37. The fraction of sp³-hybridized carbons (Fsp3) is 0.308. The van der Waals surface area contributed by atoms with Gasteiger partial charge in [-0.25, -0.2) is 9.97 Å². The van der Waals surface area contributed by atoms with E-state index < -0.39 is 0 Å². The summed E-state index contributed by atoms with van der Waals surface area (Å²) in [5, 5.41) is 5.63. The van der Waals surface area contributed by atoms with Crippen LogP contribution in [0.1, 0.15) is 27.7 Å². The van der Waals surface area contributed by atoms with Crippen LogP contribution in [0.15, 0.2) is 22.7 Å². The van der Waals surface area contributed by atoms with Gasteiger partial charge in [0, 0.05) is 13.2 Å². The molecule has 0 bridgehead atoms. The van der Waals surface area contributed by atoms with Crippen LogP contribution in [0.2, 0.25) is 0 Å². The van der Waals surface area contributed by atoms with Gasteiger partial charge in [0.2, 0.25) is 5.89 Å². The highest BCUT2D eigenvalue weighted by Crippen LogP contribution is 2.11. The molecular formula is C13H16N4O2. The van der Waals surface area contributed by atoms with Gasteiger partial charge < -0.3 is 15.1 Å². The summed E-state index contributed by atoms with van der Waals surface area (Å²) in [5.41, 5.74) is 1.33. The van der Waals surface area contributed by atoms with E-state index in [2.05, 4.69) is 20.6 Å². The number of nitrogens with one attached hydrogen (secondary N) is 2. The predicted octanol–water partition coefficient (Wildman–Crippen LogP) is 1.66. The predicted molar refractivity (Wildman–Crippen MR) is 70.9 cm³/mol. The van der Waals surface area contributed by atoms with Gasteiger partial charge in [0.05, 0.1) is 17.8 Å². The molecule has 2 aromatic heterocycles. The fourth-order valence-electron chi connectivity index (χ4n) is 1.65. The lowest BCUT2D eigenvalue weighted by Crippen LogP contribution is -2.24. The Kier molecular flexibility index (Phi) is 3.79. The number of aryl methyl sites for hydroxylation is 2. The Bertz CT molecular complexity index is 573. The van der Waals surface area contributed by atoms with Crippen LogP contribution in [-0.4, -0.2) is 22.9 Å². The molecule has 0 aliphatic heterocycles. The van der Waals surface area contributed by atoms with Crippen LogP contribution in [0.5, 0.6) is 0 Å². The third-order valence-electron chi connectivity index (χ3n) is 2.76. The summed E-state index contributed by atoms with van der Waals surface area (Å²) in [5.74, 6) is 1.59. The first-order valence-corrected chi connectivity index (χ1v) is 5.95. The zero-order valence-corrected chi connectivity index (χ0v) is 11.2. The van der Waals surface area contributed by atoms with Gasteiger partial charge in [0.1, 0.15) is 11.6 Å². The van der Waals surface area contributed by atoms with Crippen molar-refractivity contribution in [1.82, 2.24) is 15.3 Å². The summed E-state index contributed by atoms with van der Waals surface area (Å²) < 4.78 is 5.40. The maximum Gasteiger partial charge on any atom is 0.255 e. The van der Waals surface area contributed by atoms with Gasteiger partial charge in [-0.05, 0) is 26.0 Å². The number of amides is 1. The number of oxazole rings is 1. The third-order valence-corrected chi connectivity index (χ3v) is 2.76. The molecule has 6 nitrogen and oxygen atoms in total. The summed E-state index contributed by atoms with van der Waals surface area (Å²) in [6, 6.07) is 3.43. The average Bonchev–Trinajstić information content (AvgIpc) is 2.75. The Morgan fingerprint density at radius 3 is 2.84 bits per heavy atom. The second-order valence-corrected chi connectivity index (χ2v) is 4.08. The van der Waals surface area contributed by atoms with Crippen LogP contribution in [0, 0.1) is 13.8 Å². The molecule has 0 saturated heterocycles. The maximum absolute atomic E-state index is 12.0. The number of hydrogen-bond acceptors (Lipinski definition) is 5. The van der Waals surface area contributed by atoms with Gasteiger partial charge in [0.15, 0.2) is 0 Å². The van der Waals surface area contributed by atoms with E-state index in [9.17, 15) is 4.79 Å². The normalized spacial score (nSPS) is 10.3. The van der Waals surface area contributed by atoms with Crippen molar-refractivity contribution in [3.63, 3.8) is 0 Å². The standard InChI is InChI=1S/C13H16N4O2/c1-8-9(2)19-11(17-8)7-16-13(18)10-5-4-6-15-12(10)14-3/h4-6H,7H2,1-3H3,(H,14,15)(H,16,18). The van der Waals surface area contributed by atoms with Crippen molar-refractivity contribution >= 4 is 11.7 Å². The minimum absolute atomic E-state index is 0.217. The zero-order valence-electron chi connectivity index (χ0n) is 11.2. The highest BCUT2D eigenvalue weighted by molar-refractivity contribution is 5.98. The van der Waals surface area contributed by atoms with Crippen LogP contribution < -0.4 is 10.6 Å². The van der Waals surface area contributed by atoms with Crippen molar-refractivity contribution in [2.45, 2.75) is 20.4 Å². The van der Waals surface area contributed by atoms with E-state index in [4.69, 9.17) is 4.42 Å². The van der Waals surface area contributed by atoms with E-state index >= 15 is 0 Å². The molecule has 0 radical (unpaired) electrons. The van der Waals surface area contributed by atoms with E-state index in [0.29, 0.717) is 17.3 Å². The molecule has 6 heteroatoms. The van der Waals surface area contributed by atoms with E-state index in [-0.39, 0.29) is 12.5 Å². The quantitative estimate of drug-likeness (QED) is 0.873. The second-order valence-electron chi connectivity index (χ2n) is 4.08. The van der Waals surface area contributed by atoms with Crippen LogP contribution in [0.4, 0.5) is 5.82 Å². The molecule has 1 amide bonds. The fourth-order valence-corrected chi connectivity index (χ4v) is 1.65. The van der Waals surface area contributed by atoms with E-state index in [1.807, 2.05) is 13.8 Å². The number of rotatable bonds is 4. The largest absolute Gasteiger partial charge is 0.444 e. The van der Waals surface area contributed by atoms with Gasteiger partial charge in [-0.1, -0.05) is 0 Å². The number of nitrogens with zero attached hydrogens (tertiary/aromatic N) is 2. The van der Waals surface area contributed by atoms with Gasteiger partial charge >= 0.3 is 0 Å². The highest BCUT2D eigenvalue weighted by Gasteiger charge is 2.12. The van der Waals surface area contributed by atoms with E-state index in [1.54, 1.807) is 25.4 Å². The first kappa shape index (κ1) is 13.1. The van der Waals surface area contributed by atoms with Crippen molar-refractivity contribution < 1.29 is 9.21 Å². The number of hydrogen-bond donors (Lipinski definition) is 2. The molecule has 0 aliphatic rings. The first-order chi connectivity index (χ1) is 9.11. The summed E-state index contributed by atoms with van der Waals surface area (Å²) >= 11 is 0. The molecule has 2 rings (SSSR count). The molecule has 19 heavy (non-hydrogen) atoms. The molecule has 0 saturated carbocycles. The summed E-state index contributed by atoms with van der Waals surface area (Å²) in [7, 11) is 1.72. The van der Waals surface area contributed by atoms with Crippen LogP contribution in [0.25, 0.3) is 0 Å². The molecular weight excluding hydrogens is 244 g/mol. The second kappa shape index (κ2) is 5.51. The van der Waals surface area contributed by atoms with Gasteiger partial charge in [0.25, 0.3) is 5.91 Å². The van der Waals surface area contributed by atoms with Crippen molar-refractivity contribution in [2.75, 3.05) is 12.4 Å². The lowest BCUT2D eigenvalue weighted by molar-refractivity contribution is 0.0947. The SMILES string of the molecule is CNc1ncccc1C(=O)NCc1nc(C)c(C)o1. The zero-order chi connectivity index (χ0) is 13.8. The Morgan fingerprint density at radius 1 is 1.42 bits per heavy atom. The topological polar surface area (TPSA) is 80.0 Å². The van der Waals surface area contributed by atoms with Crippen molar-refractivity contribution in [3.05, 3.63) is 41.2 Å². The molecule has 2 heterocycles. The minimum Gasteiger partial charge on any atom is -0.444 e. The number of carbonyl (C=O) groups excluding carboxylic acids is 1. The molecule has 0 aromatic carbocycles. The lowest BCUT2D eigenvalue weighted by atomic mass is 10.2. The highest BCUT2D eigenvalue weighted by atomic mass is 16.4. The minimum atomic E-state index is -0.217. The van der Waals surface area contributed by atoms with Crippen molar-refractivity contribution in [3.8, 4) is 0 Å². The molecule has 0 atom stereocenters. The monoisotopic (exact) mass is 260 g/mol.